The van der Waals surface area contributed by atoms with Crippen LogP contribution in [0.25, 0.3) is 0 Å². The Bertz CT molecular complexity index is 568. The molecular formula is C18H21NO2. The fourth-order valence-electron chi connectivity index (χ4n) is 4.44. The molecule has 3 nitrogen and oxygen atoms in total. The SMILES string of the molecule is CCO[C@H]1[C@H]2[C@@H](C(=O)N1Cc1ccccc1)[C@H]1C=C[C@@H]2C1. The Morgan fingerprint density at radius 1 is 1.19 bits per heavy atom. The van der Waals surface area contributed by atoms with Crippen molar-refractivity contribution in [2.24, 2.45) is 23.7 Å². The lowest BCUT2D eigenvalue weighted by molar-refractivity contribution is -0.140. The Morgan fingerprint density at radius 2 is 1.95 bits per heavy atom. The van der Waals surface area contributed by atoms with E-state index in [0.29, 0.717) is 36.8 Å². The quantitative estimate of drug-likeness (QED) is 0.795. The second-order valence-corrected chi connectivity index (χ2v) is 6.35. The van der Waals surface area contributed by atoms with E-state index in [1.807, 2.05) is 30.0 Å². The molecule has 3 aliphatic rings. The molecule has 1 saturated carbocycles. The van der Waals surface area contributed by atoms with Crippen LogP contribution in [0.1, 0.15) is 18.9 Å². The number of carbonyl (C=O) groups is 1. The molecule has 1 saturated heterocycles. The average Bonchev–Trinajstić information content (AvgIpc) is 3.17. The summed E-state index contributed by atoms with van der Waals surface area (Å²) in [6.07, 6.45) is 5.65. The van der Waals surface area contributed by atoms with Crippen LogP contribution in [0.4, 0.5) is 0 Å². The van der Waals surface area contributed by atoms with Crippen LogP contribution in [0.2, 0.25) is 0 Å². The Labute approximate surface area is 125 Å². The molecule has 3 heteroatoms. The molecule has 5 atom stereocenters. The smallest absolute Gasteiger partial charge is 0.229 e. The van der Waals surface area contributed by atoms with Gasteiger partial charge in [0.2, 0.25) is 5.91 Å². The third-order valence-corrected chi connectivity index (χ3v) is 5.26. The average molecular weight is 283 g/mol. The number of amides is 1. The number of hydrogen-bond acceptors (Lipinski definition) is 2. The molecule has 1 aromatic carbocycles. The maximum atomic E-state index is 12.9. The first-order valence-corrected chi connectivity index (χ1v) is 7.94. The zero-order valence-electron chi connectivity index (χ0n) is 12.3. The minimum atomic E-state index is -0.0485. The Morgan fingerprint density at radius 3 is 2.71 bits per heavy atom. The van der Waals surface area contributed by atoms with Gasteiger partial charge in [-0.1, -0.05) is 42.5 Å². The first-order chi connectivity index (χ1) is 10.3. The number of likely N-dealkylation sites (tertiary alicyclic amines) is 1. The van der Waals surface area contributed by atoms with E-state index in [2.05, 4.69) is 24.3 Å². The number of carbonyl (C=O) groups excluding carboxylic acids is 1. The monoisotopic (exact) mass is 283 g/mol. The van der Waals surface area contributed by atoms with E-state index in [1.165, 1.54) is 5.56 Å². The summed E-state index contributed by atoms with van der Waals surface area (Å²) < 4.78 is 6.00. The van der Waals surface area contributed by atoms with Crippen molar-refractivity contribution in [2.45, 2.75) is 26.1 Å². The highest BCUT2D eigenvalue weighted by molar-refractivity contribution is 5.83. The summed E-state index contributed by atoms with van der Waals surface area (Å²) in [5, 5.41) is 0. The number of hydrogen-bond donors (Lipinski definition) is 0. The highest BCUT2D eigenvalue weighted by Crippen LogP contribution is 2.54. The lowest BCUT2D eigenvalue weighted by Gasteiger charge is -2.29. The molecule has 0 N–H and O–H groups in total. The van der Waals surface area contributed by atoms with Crippen LogP contribution in [0.5, 0.6) is 0 Å². The molecule has 4 rings (SSSR count). The van der Waals surface area contributed by atoms with Crippen LogP contribution in [0.3, 0.4) is 0 Å². The van der Waals surface area contributed by atoms with E-state index in [1.54, 1.807) is 0 Å². The number of nitrogens with zero attached hydrogens (tertiary/aromatic N) is 1. The molecule has 2 bridgehead atoms. The summed E-state index contributed by atoms with van der Waals surface area (Å²) in [5.41, 5.74) is 1.18. The maximum Gasteiger partial charge on any atom is 0.229 e. The van der Waals surface area contributed by atoms with Crippen LogP contribution in [-0.4, -0.2) is 23.6 Å². The molecule has 1 aromatic rings. The van der Waals surface area contributed by atoms with Crippen molar-refractivity contribution in [1.29, 1.82) is 0 Å². The van der Waals surface area contributed by atoms with E-state index in [9.17, 15) is 4.79 Å². The maximum absolute atomic E-state index is 12.9. The molecule has 0 radical (unpaired) electrons. The van der Waals surface area contributed by atoms with Crippen LogP contribution in [0, 0.1) is 23.7 Å². The lowest BCUT2D eigenvalue weighted by atomic mass is 9.85. The van der Waals surface area contributed by atoms with Crippen molar-refractivity contribution in [3.63, 3.8) is 0 Å². The van der Waals surface area contributed by atoms with Gasteiger partial charge in [0.15, 0.2) is 0 Å². The highest BCUT2D eigenvalue weighted by Gasteiger charge is 2.59. The van der Waals surface area contributed by atoms with Crippen molar-refractivity contribution in [1.82, 2.24) is 4.90 Å². The Balaban J connectivity index is 1.62. The van der Waals surface area contributed by atoms with Gasteiger partial charge in [-0.3, -0.25) is 4.79 Å². The van der Waals surface area contributed by atoms with E-state index >= 15 is 0 Å². The first-order valence-electron chi connectivity index (χ1n) is 7.94. The molecule has 2 aliphatic carbocycles. The zero-order valence-corrected chi connectivity index (χ0v) is 12.3. The number of benzene rings is 1. The summed E-state index contributed by atoms with van der Waals surface area (Å²) >= 11 is 0. The largest absolute Gasteiger partial charge is 0.358 e. The topological polar surface area (TPSA) is 29.5 Å². The summed E-state index contributed by atoms with van der Waals surface area (Å²) in [6.45, 7) is 3.34. The van der Waals surface area contributed by atoms with Gasteiger partial charge >= 0.3 is 0 Å². The highest BCUT2D eigenvalue weighted by atomic mass is 16.5. The van der Waals surface area contributed by atoms with Gasteiger partial charge in [-0.15, -0.1) is 0 Å². The molecule has 1 aliphatic heterocycles. The molecule has 1 heterocycles. The van der Waals surface area contributed by atoms with Gasteiger partial charge in [0, 0.05) is 19.1 Å². The Kier molecular flexibility index (Phi) is 3.11. The summed E-state index contributed by atoms with van der Waals surface area (Å²) in [4.78, 5) is 14.9. The van der Waals surface area contributed by atoms with E-state index in [0.717, 1.165) is 6.42 Å². The third kappa shape index (κ3) is 1.95. The molecule has 0 unspecified atom stereocenters. The van der Waals surface area contributed by atoms with Crippen molar-refractivity contribution >= 4 is 5.91 Å². The van der Waals surface area contributed by atoms with Gasteiger partial charge in [0.1, 0.15) is 6.23 Å². The summed E-state index contributed by atoms with van der Waals surface area (Å²) in [5.74, 6) is 1.77. The van der Waals surface area contributed by atoms with Crippen molar-refractivity contribution in [3.8, 4) is 0 Å². The van der Waals surface area contributed by atoms with Gasteiger partial charge in [-0.05, 0) is 30.7 Å². The van der Waals surface area contributed by atoms with Crippen molar-refractivity contribution < 1.29 is 9.53 Å². The molecule has 21 heavy (non-hydrogen) atoms. The van der Waals surface area contributed by atoms with Gasteiger partial charge in [0.05, 0.1) is 5.92 Å². The van der Waals surface area contributed by atoms with Crippen LogP contribution in [0.15, 0.2) is 42.5 Å². The summed E-state index contributed by atoms with van der Waals surface area (Å²) in [6, 6.07) is 10.2. The lowest BCUT2D eigenvalue weighted by Crippen LogP contribution is -2.38. The Hall–Kier alpha value is -1.61. The van der Waals surface area contributed by atoms with Gasteiger partial charge in [0.25, 0.3) is 0 Å². The third-order valence-electron chi connectivity index (χ3n) is 5.26. The number of rotatable bonds is 4. The minimum absolute atomic E-state index is 0.0485. The second kappa shape index (κ2) is 4.99. The van der Waals surface area contributed by atoms with E-state index < -0.39 is 0 Å². The van der Waals surface area contributed by atoms with Crippen molar-refractivity contribution in [3.05, 3.63) is 48.0 Å². The molecular weight excluding hydrogens is 262 g/mol. The van der Waals surface area contributed by atoms with E-state index in [-0.39, 0.29) is 12.1 Å². The van der Waals surface area contributed by atoms with Gasteiger partial charge in [-0.25, -0.2) is 0 Å². The van der Waals surface area contributed by atoms with Crippen LogP contribution >= 0.6 is 0 Å². The van der Waals surface area contributed by atoms with Crippen LogP contribution < -0.4 is 0 Å². The van der Waals surface area contributed by atoms with Crippen LogP contribution in [-0.2, 0) is 16.1 Å². The molecule has 2 fully saturated rings. The predicted molar refractivity (Wildman–Crippen MR) is 80.1 cm³/mol. The minimum Gasteiger partial charge on any atom is -0.358 e. The normalized spacial score (nSPS) is 36.5. The molecule has 0 aromatic heterocycles. The predicted octanol–water partition coefficient (Wildman–Crippen LogP) is 2.83. The number of fused-ring (bicyclic) bond motifs is 5. The first kappa shape index (κ1) is 13.1. The number of allylic oxidation sites excluding steroid dienone is 2. The zero-order chi connectivity index (χ0) is 14.4. The fourth-order valence-corrected chi connectivity index (χ4v) is 4.44. The molecule has 0 spiro atoms. The standard InChI is InChI=1S/C18H21NO2/c1-2-21-18-16-14-9-8-13(10-14)15(16)17(20)19(18)11-12-6-4-3-5-7-12/h3-9,13-16,18H,2,10-11H2,1H3/t13-,14+,15-,16+,18-/m0/s1. The van der Waals surface area contributed by atoms with Gasteiger partial charge < -0.3 is 9.64 Å². The fraction of sp³-hybridized carbons (Fsp3) is 0.500. The molecule has 110 valence electrons. The second-order valence-electron chi connectivity index (χ2n) is 6.35. The van der Waals surface area contributed by atoms with Gasteiger partial charge in [-0.2, -0.15) is 0 Å². The summed E-state index contributed by atoms with van der Waals surface area (Å²) in [7, 11) is 0. The molecule has 1 amide bonds. The number of ether oxygens (including phenoxy) is 1. The van der Waals surface area contributed by atoms with Crippen molar-refractivity contribution in [2.75, 3.05) is 6.61 Å². The van der Waals surface area contributed by atoms with E-state index in [4.69, 9.17) is 4.74 Å².